The fraction of sp³-hybridized carbons (Fsp3) is 1.00. The van der Waals surface area contributed by atoms with Gasteiger partial charge in [0.15, 0.2) is 0 Å². The highest BCUT2D eigenvalue weighted by Gasteiger charge is 2.23. The molecule has 0 saturated carbocycles. The van der Waals surface area contributed by atoms with Gasteiger partial charge in [0.1, 0.15) is 0 Å². The molecule has 2 atom stereocenters. The van der Waals surface area contributed by atoms with Gasteiger partial charge >= 0.3 is 0 Å². The van der Waals surface area contributed by atoms with Gasteiger partial charge in [-0.05, 0) is 21.0 Å². The maximum absolute atomic E-state index is 5.82. The lowest BCUT2D eigenvalue weighted by Gasteiger charge is -2.37. The van der Waals surface area contributed by atoms with E-state index in [0.29, 0.717) is 6.04 Å². The van der Waals surface area contributed by atoms with Crippen LogP contribution in [0.1, 0.15) is 6.92 Å². The van der Waals surface area contributed by atoms with Crippen LogP contribution in [0.3, 0.4) is 0 Å². The first-order chi connectivity index (χ1) is 6.59. The molecular formula is C10H23N3O. The first-order valence-corrected chi connectivity index (χ1v) is 5.31. The molecular weight excluding hydrogens is 178 g/mol. The third kappa shape index (κ3) is 3.92. The summed E-state index contributed by atoms with van der Waals surface area (Å²) in [6.07, 6.45) is 0. The second-order valence-electron chi connectivity index (χ2n) is 4.46. The molecule has 1 aliphatic heterocycles. The van der Waals surface area contributed by atoms with Crippen LogP contribution >= 0.6 is 0 Å². The number of nitrogens with two attached hydrogens (primary N) is 1. The summed E-state index contributed by atoms with van der Waals surface area (Å²) in [6, 6.07) is 0.752. The van der Waals surface area contributed by atoms with Gasteiger partial charge in [-0.15, -0.1) is 0 Å². The lowest BCUT2D eigenvalue weighted by molar-refractivity contribution is -0.0170. The summed E-state index contributed by atoms with van der Waals surface area (Å²) >= 11 is 0. The number of hydrogen-bond donors (Lipinski definition) is 1. The molecule has 1 rings (SSSR count). The number of rotatable bonds is 4. The number of morpholine rings is 1. The smallest absolute Gasteiger partial charge is 0.0634 e. The van der Waals surface area contributed by atoms with E-state index in [4.69, 9.17) is 10.5 Å². The van der Waals surface area contributed by atoms with Crippen molar-refractivity contribution in [3.8, 4) is 0 Å². The SMILES string of the molecule is CC(N)CN1CCOCC1CN(C)C. The number of ether oxygens (including phenoxy) is 1. The molecule has 0 aromatic carbocycles. The van der Waals surface area contributed by atoms with Gasteiger partial charge in [-0.2, -0.15) is 0 Å². The van der Waals surface area contributed by atoms with E-state index >= 15 is 0 Å². The van der Waals surface area contributed by atoms with Crippen molar-refractivity contribution in [2.45, 2.75) is 19.0 Å². The van der Waals surface area contributed by atoms with Crippen LogP contribution in [0.4, 0.5) is 0 Å². The molecule has 14 heavy (non-hydrogen) atoms. The summed E-state index contributed by atoms with van der Waals surface area (Å²) in [4.78, 5) is 4.64. The average Bonchev–Trinajstić information content (AvgIpc) is 2.06. The number of likely N-dealkylation sites (N-methyl/N-ethyl adjacent to an activating group) is 1. The zero-order valence-electron chi connectivity index (χ0n) is 9.57. The molecule has 4 nitrogen and oxygen atoms in total. The van der Waals surface area contributed by atoms with Crippen LogP contribution in [0.5, 0.6) is 0 Å². The zero-order valence-corrected chi connectivity index (χ0v) is 9.57. The Labute approximate surface area is 87.0 Å². The molecule has 4 heteroatoms. The van der Waals surface area contributed by atoms with E-state index in [2.05, 4.69) is 30.8 Å². The second-order valence-corrected chi connectivity index (χ2v) is 4.46. The fourth-order valence-electron chi connectivity index (χ4n) is 1.89. The minimum absolute atomic E-state index is 0.248. The van der Waals surface area contributed by atoms with E-state index in [9.17, 15) is 0 Å². The average molecular weight is 201 g/mol. The molecule has 0 bridgehead atoms. The van der Waals surface area contributed by atoms with Crippen molar-refractivity contribution in [1.82, 2.24) is 9.80 Å². The lowest BCUT2D eigenvalue weighted by atomic mass is 10.2. The molecule has 2 N–H and O–H groups in total. The van der Waals surface area contributed by atoms with Crippen LogP contribution < -0.4 is 5.73 Å². The van der Waals surface area contributed by atoms with Crippen LogP contribution in [0.15, 0.2) is 0 Å². The number of nitrogens with zero attached hydrogens (tertiary/aromatic N) is 2. The van der Waals surface area contributed by atoms with Crippen molar-refractivity contribution in [3.05, 3.63) is 0 Å². The third-order valence-electron chi connectivity index (χ3n) is 2.45. The predicted octanol–water partition coefficient (Wildman–Crippen LogP) is -0.404. The maximum atomic E-state index is 5.82. The third-order valence-corrected chi connectivity index (χ3v) is 2.45. The molecule has 0 spiro atoms. The summed E-state index contributed by atoms with van der Waals surface area (Å²) in [5.41, 5.74) is 5.82. The minimum atomic E-state index is 0.248. The topological polar surface area (TPSA) is 41.7 Å². The molecule has 0 aromatic rings. The highest BCUT2D eigenvalue weighted by molar-refractivity contribution is 4.79. The summed E-state index contributed by atoms with van der Waals surface area (Å²) in [7, 11) is 4.19. The molecule has 0 amide bonds. The predicted molar refractivity (Wildman–Crippen MR) is 58.4 cm³/mol. The van der Waals surface area contributed by atoms with Gasteiger partial charge in [0.25, 0.3) is 0 Å². The Kier molecular flexibility index (Phi) is 4.81. The van der Waals surface area contributed by atoms with Crippen molar-refractivity contribution in [3.63, 3.8) is 0 Å². The van der Waals surface area contributed by atoms with Crippen LogP contribution in [-0.2, 0) is 4.74 Å². The van der Waals surface area contributed by atoms with Gasteiger partial charge in [-0.25, -0.2) is 0 Å². The summed E-state index contributed by atoms with van der Waals surface area (Å²) in [5.74, 6) is 0. The molecule has 1 aliphatic rings. The second kappa shape index (κ2) is 5.66. The normalized spacial score (nSPS) is 26.8. The molecule has 84 valence electrons. The Morgan fingerprint density at radius 1 is 1.57 bits per heavy atom. The highest BCUT2D eigenvalue weighted by Crippen LogP contribution is 2.07. The Hall–Kier alpha value is -0.160. The molecule has 2 unspecified atom stereocenters. The lowest BCUT2D eigenvalue weighted by Crippen LogP contribution is -2.53. The van der Waals surface area contributed by atoms with Gasteiger partial charge < -0.3 is 15.4 Å². The van der Waals surface area contributed by atoms with Gasteiger partial charge in [-0.1, -0.05) is 0 Å². The van der Waals surface area contributed by atoms with E-state index < -0.39 is 0 Å². The largest absolute Gasteiger partial charge is 0.378 e. The van der Waals surface area contributed by atoms with E-state index in [0.717, 1.165) is 32.8 Å². The van der Waals surface area contributed by atoms with Crippen LogP contribution in [-0.4, -0.2) is 68.8 Å². The van der Waals surface area contributed by atoms with E-state index in [1.165, 1.54) is 0 Å². The maximum Gasteiger partial charge on any atom is 0.0634 e. The molecule has 1 heterocycles. The Morgan fingerprint density at radius 3 is 2.86 bits per heavy atom. The first-order valence-electron chi connectivity index (χ1n) is 5.31. The van der Waals surface area contributed by atoms with Crippen molar-refractivity contribution in [1.29, 1.82) is 0 Å². The summed E-state index contributed by atoms with van der Waals surface area (Å²) in [5, 5.41) is 0. The van der Waals surface area contributed by atoms with Crippen molar-refractivity contribution >= 4 is 0 Å². The number of hydrogen-bond acceptors (Lipinski definition) is 4. The fourth-order valence-corrected chi connectivity index (χ4v) is 1.89. The minimum Gasteiger partial charge on any atom is -0.378 e. The van der Waals surface area contributed by atoms with Gasteiger partial charge in [0.2, 0.25) is 0 Å². The molecule has 0 radical (unpaired) electrons. The van der Waals surface area contributed by atoms with Crippen molar-refractivity contribution in [2.24, 2.45) is 5.73 Å². The Morgan fingerprint density at radius 2 is 2.29 bits per heavy atom. The standard InChI is InChI=1S/C10H23N3O/c1-9(11)6-13-4-5-14-8-10(13)7-12(2)3/h9-10H,4-8,11H2,1-3H3. The quantitative estimate of drug-likeness (QED) is 0.672. The summed E-state index contributed by atoms with van der Waals surface area (Å²) < 4.78 is 5.49. The van der Waals surface area contributed by atoms with Crippen molar-refractivity contribution in [2.75, 3.05) is 46.9 Å². The Bertz CT molecular complexity index is 143. The van der Waals surface area contributed by atoms with E-state index in [-0.39, 0.29) is 6.04 Å². The van der Waals surface area contributed by atoms with Gasteiger partial charge in [-0.3, -0.25) is 4.90 Å². The van der Waals surface area contributed by atoms with Crippen LogP contribution in [0, 0.1) is 0 Å². The molecule has 1 fully saturated rings. The first kappa shape index (κ1) is 11.9. The molecule has 0 aliphatic carbocycles. The Balaban J connectivity index is 2.41. The van der Waals surface area contributed by atoms with Crippen molar-refractivity contribution < 1.29 is 4.74 Å². The highest BCUT2D eigenvalue weighted by atomic mass is 16.5. The van der Waals surface area contributed by atoms with Crippen LogP contribution in [0.25, 0.3) is 0 Å². The zero-order chi connectivity index (χ0) is 10.6. The van der Waals surface area contributed by atoms with Crippen LogP contribution in [0.2, 0.25) is 0 Å². The molecule has 0 aromatic heterocycles. The molecule has 1 saturated heterocycles. The van der Waals surface area contributed by atoms with E-state index in [1.807, 2.05) is 0 Å². The van der Waals surface area contributed by atoms with E-state index in [1.54, 1.807) is 0 Å². The van der Waals surface area contributed by atoms with Gasteiger partial charge in [0.05, 0.1) is 13.2 Å². The van der Waals surface area contributed by atoms with Gasteiger partial charge in [0, 0.05) is 31.7 Å². The summed E-state index contributed by atoms with van der Waals surface area (Å²) in [6.45, 7) is 6.78. The monoisotopic (exact) mass is 201 g/mol.